The van der Waals surface area contributed by atoms with E-state index < -0.39 is 5.67 Å². The van der Waals surface area contributed by atoms with Crippen LogP contribution in [0.2, 0.25) is 0 Å². The van der Waals surface area contributed by atoms with E-state index in [1.807, 2.05) is 13.8 Å². The van der Waals surface area contributed by atoms with E-state index in [9.17, 15) is 0 Å². The van der Waals surface area contributed by atoms with Gasteiger partial charge < -0.3 is 0 Å². The number of nitrogens with zero attached hydrogens (tertiary/aromatic N) is 1. The van der Waals surface area contributed by atoms with E-state index in [4.69, 9.17) is 0 Å². The van der Waals surface area contributed by atoms with Crippen molar-refractivity contribution in [3.05, 3.63) is 75.3 Å². The highest BCUT2D eigenvalue weighted by Crippen LogP contribution is 2.50. The Hall–Kier alpha value is -3.00. The minimum Gasteiger partial charge on any atom is -0.239 e. The number of fused-ring (bicyclic) bond motifs is 6. The molecule has 0 aliphatic carbocycles. The highest BCUT2D eigenvalue weighted by Gasteiger charge is 2.36. The second kappa shape index (κ2) is 11.2. The zero-order chi connectivity index (χ0) is 28.6. The molecule has 0 radical (unpaired) electrons. The maximum atomic E-state index is 16.6. The van der Waals surface area contributed by atoms with E-state index in [1.54, 1.807) is 0 Å². The van der Waals surface area contributed by atoms with Crippen molar-refractivity contribution in [2.24, 2.45) is 0 Å². The molecule has 0 bridgehead atoms. The Labute approximate surface area is 235 Å². The van der Waals surface area contributed by atoms with Gasteiger partial charge in [-0.1, -0.05) is 88.1 Å². The summed E-state index contributed by atoms with van der Waals surface area (Å²) in [5.74, 6) is 0. The van der Waals surface area contributed by atoms with Gasteiger partial charge in [-0.25, -0.2) is 8.97 Å². The molecule has 0 N–H and O–H groups in total. The molecule has 0 saturated carbocycles. The van der Waals surface area contributed by atoms with E-state index in [-0.39, 0.29) is 0 Å². The molecule has 0 amide bonds. The number of hydrogen-bond donors (Lipinski definition) is 0. The molecule has 206 valence electrons. The molecule has 0 atom stereocenters. The topological polar surface area (TPSA) is 3.01 Å². The van der Waals surface area contributed by atoms with Crippen LogP contribution < -0.4 is 0 Å². The lowest BCUT2D eigenvalue weighted by Crippen LogP contribution is -2.19. The van der Waals surface area contributed by atoms with Crippen LogP contribution in [0.3, 0.4) is 0 Å². The standard InChI is InChI=1S/C33H37FN.C4H10/c1-9-33(34,10-2)27-12-11-24(28-21(5)15-19(3)16-22(28)6)30-26-18-20(4)17-23(7)29(26)25-13-14-35(8)32(25)31(27)30;1-3-4-2/h11-12,14-18H,9-10,13H2,1-8H3;3-4H2,1-2H3/q+1;. The van der Waals surface area contributed by atoms with Crippen molar-refractivity contribution in [2.45, 2.75) is 100 Å². The van der Waals surface area contributed by atoms with Gasteiger partial charge in [-0.3, -0.25) is 0 Å². The van der Waals surface area contributed by atoms with Gasteiger partial charge in [0.25, 0.3) is 0 Å². The van der Waals surface area contributed by atoms with Gasteiger partial charge in [0.2, 0.25) is 5.69 Å². The number of alkyl halides is 1. The normalized spacial score (nSPS) is 12.9. The van der Waals surface area contributed by atoms with Gasteiger partial charge in [-0.15, -0.1) is 0 Å². The maximum Gasteiger partial charge on any atom is 0.217 e. The third-order valence-corrected chi connectivity index (χ3v) is 8.75. The van der Waals surface area contributed by atoms with Crippen LogP contribution in [0.1, 0.15) is 92.3 Å². The van der Waals surface area contributed by atoms with Crippen molar-refractivity contribution < 1.29 is 8.97 Å². The molecule has 1 nitrogen and oxygen atoms in total. The predicted octanol–water partition coefficient (Wildman–Crippen LogP) is 10.9. The third-order valence-electron chi connectivity index (χ3n) is 8.75. The summed E-state index contributed by atoms with van der Waals surface area (Å²) in [6, 6.07) is 13.4. The Balaban J connectivity index is 0.000000826. The zero-order valence-corrected chi connectivity index (χ0v) is 25.9. The molecule has 0 saturated heterocycles. The Morgan fingerprint density at radius 3 is 1.87 bits per heavy atom. The number of unbranched alkanes of at least 4 members (excludes halogenated alkanes) is 1. The molecule has 1 heterocycles. The van der Waals surface area contributed by atoms with Gasteiger partial charge in [0.1, 0.15) is 18.9 Å². The lowest BCUT2D eigenvalue weighted by atomic mass is 9.79. The van der Waals surface area contributed by atoms with Gasteiger partial charge in [-0.2, -0.15) is 0 Å². The average Bonchev–Trinajstić information content (AvgIpc) is 3.28. The number of benzene rings is 4. The lowest BCUT2D eigenvalue weighted by molar-refractivity contribution is -0.394. The van der Waals surface area contributed by atoms with E-state index >= 15 is 4.39 Å². The van der Waals surface area contributed by atoms with Crippen molar-refractivity contribution >= 4 is 33.4 Å². The monoisotopic (exact) mass is 524 g/mol. The summed E-state index contributed by atoms with van der Waals surface area (Å²) < 4.78 is 18.8. The van der Waals surface area contributed by atoms with Crippen molar-refractivity contribution in [1.82, 2.24) is 0 Å². The minimum atomic E-state index is -1.36. The largest absolute Gasteiger partial charge is 0.239 e. The fourth-order valence-corrected chi connectivity index (χ4v) is 6.69. The van der Waals surface area contributed by atoms with Crippen LogP contribution >= 0.6 is 0 Å². The van der Waals surface area contributed by atoms with Crippen LogP contribution in [-0.4, -0.2) is 17.8 Å². The summed E-state index contributed by atoms with van der Waals surface area (Å²) >= 11 is 0. The summed E-state index contributed by atoms with van der Waals surface area (Å²) in [7, 11) is 2.12. The predicted molar refractivity (Wildman–Crippen MR) is 170 cm³/mol. The Kier molecular flexibility index (Phi) is 8.36. The SMILES string of the molecule is CCC(F)(CC)c1ccc(-c2c(C)cc(C)cc2C)c2c1c1c(c3c(C)cc(C)cc32)CC=[N+]1C.CCCC. The summed E-state index contributed by atoms with van der Waals surface area (Å²) in [6.07, 6.45) is 6.70. The van der Waals surface area contributed by atoms with E-state index in [2.05, 4.69) is 103 Å². The van der Waals surface area contributed by atoms with Crippen LogP contribution in [0.15, 0.2) is 36.4 Å². The number of halogens is 1. The van der Waals surface area contributed by atoms with Gasteiger partial charge in [0, 0.05) is 16.5 Å². The summed E-state index contributed by atoms with van der Waals surface area (Å²) in [4.78, 5) is 0. The summed E-state index contributed by atoms with van der Waals surface area (Å²) in [5.41, 5.74) is 10.8. The van der Waals surface area contributed by atoms with Crippen LogP contribution in [0.5, 0.6) is 0 Å². The molecule has 2 heteroatoms. The van der Waals surface area contributed by atoms with Crippen LogP contribution in [0.4, 0.5) is 10.1 Å². The highest BCUT2D eigenvalue weighted by molar-refractivity contribution is 6.22. The molecular weight excluding hydrogens is 477 g/mol. The third kappa shape index (κ3) is 4.92. The molecule has 4 aromatic carbocycles. The van der Waals surface area contributed by atoms with E-state index in [0.29, 0.717) is 12.8 Å². The fraction of sp³-hybridized carbons (Fsp3) is 0.432. The Bertz CT molecular complexity index is 1560. The fourth-order valence-electron chi connectivity index (χ4n) is 6.69. The molecular formula is C37H47FN+. The molecule has 4 aromatic rings. The Morgan fingerprint density at radius 2 is 1.31 bits per heavy atom. The number of rotatable bonds is 5. The molecule has 0 unspecified atom stereocenters. The van der Waals surface area contributed by atoms with Crippen molar-refractivity contribution in [2.75, 3.05) is 7.05 Å². The number of hydrogen-bond acceptors (Lipinski definition) is 0. The molecule has 0 aromatic heterocycles. The second-order valence-corrected chi connectivity index (χ2v) is 11.7. The van der Waals surface area contributed by atoms with Crippen molar-refractivity contribution in [3.8, 4) is 11.1 Å². The smallest absolute Gasteiger partial charge is 0.217 e. The first-order chi connectivity index (χ1) is 18.5. The summed E-state index contributed by atoms with van der Waals surface area (Å²) in [6.45, 7) is 19.3. The molecule has 39 heavy (non-hydrogen) atoms. The van der Waals surface area contributed by atoms with Gasteiger partial charge in [-0.05, 0) is 86.1 Å². The molecule has 0 fully saturated rings. The van der Waals surface area contributed by atoms with Crippen molar-refractivity contribution in [1.29, 1.82) is 0 Å². The van der Waals surface area contributed by atoms with Crippen molar-refractivity contribution in [3.63, 3.8) is 0 Å². The first kappa shape index (κ1) is 29.0. The van der Waals surface area contributed by atoms with Crippen LogP contribution in [0, 0.1) is 34.6 Å². The quantitative estimate of drug-likeness (QED) is 0.180. The average molecular weight is 525 g/mol. The van der Waals surface area contributed by atoms with E-state index in [0.717, 1.165) is 17.4 Å². The molecule has 5 rings (SSSR count). The highest BCUT2D eigenvalue weighted by atomic mass is 19.1. The Morgan fingerprint density at radius 1 is 0.744 bits per heavy atom. The van der Waals surface area contributed by atoms with E-state index in [1.165, 1.54) is 79.2 Å². The maximum absolute atomic E-state index is 16.6. The number of aryl methyl sites for hydroxylation is 5. The molecule has 0 spiro atoms. The lowest BCUT2D eigenvalue weighted by Gasteiger charge is -2.27. The van der Waals surface area contributed by atoms with Gasteiger partial charge in [0.15, 0.2) is 0 Å². The molecule has 1 aliphatic heterocycles. The van der Waals surface area contributed by atoms with Gasteiger partial charge >= 0.3 is 0 Å². The van der Waals surface area contributed by atoms with Gasteiger partial charge in [0.05, 0.1) is 11.8 Å². The first-order valence-electron chi connectivity index (χ1n) is 14.9. The molecule has 1 aliphatic rings. The first-order valence-corrected chi connectivity index (χ1v) is 14.9. The van der Waals surface area contributed by atoms with Crippen LogP contribution in [-0.2, 0) is 12.1 Å². The second-order valence-electron chi connectivity index (χ2n) is 11.7. The summed E-state index contributed by atoms with van der Waals surface area (Å²) in [5, 5.41) is 4.88. The minimum absolute atomic E-state index is 0.466. The zero-order valence-electron chi connectivity index (χ0n) is 25.9. The van der Waals surface area contributed by atoms with Crippen LogP contribution in [0.25, 0.3) is 32.7 Å².